The Labute approximate surface area is 118 Å². The molecule has 0 atom stereocenters. The summed E-state index contributed by atoms with van der Waals surface area (Å²) in [5.41, 5.74) is 1.24. The van der Waals surface area contributed by atoms with Gasteiger partial charge in [0.2, 0.25) is 0 Å². The second-order valence-electron chi connectivity index (χ2n) is 5.60. The molecule has 0 aliphatic rings. The molecule has 1 rings (SSSR count). The summed E-state index contributed by atoms with van der Waals surface area (Å²) in [7, 11) is 2.22. The van der Waals surface area contributed by atoms with Gasteiger partial charge >= 0.3 is 0 Å². The monoisotopic (exact) mass is 265 g/mol. The van der Waals surface area contributed by atoms with E-state index in [4.69, 9.17) is 0 Å². The van der Waals surface area contributed by atoms with Gasteiger partial charge in [-0.25, -0.2) is 4.98 Å². The van der Waals surface area contributed by atoms with Crippen LogP contribution in [0.4, 0.5) is 0 Å². The van der Waals surface area contributed by atoms with Crippen LogP contribution in [-0.2, 0) is 6.42 Å². The Bertz CT molecular complexity index is 282. The lowest BCUT2D eigenvalue weighted by Gasteiger charge is -2.15. The number of nitrogens with one attached hydrogen (secondary N) is 1. The van der Waals surface area contributed by atoms with Crippen molar-refractivity contribution < 1.29 is 0 Å². The van der Waals surface area contributed by atoms with E-state index < -0.39 is 0 Å². The van der Waals surface area contributed by atoms with E-state index in [1.54, 1.807) is 6.33 Å². The van der Waals surface area contributed by atoms with Crippen LogP contribution in [0.15, 0.2) is 12.5 Å². The van der Waals surface area contributed by atoms with Gasteiger partial charge in [0.1, 0.15) is 0 Å². The number of nitrogens with zero attached hydrogens (tertiary/aromatic N) is 2. The van der Waals surface area contributed by atoms with Gasteiger partial charge in [0.05, 0.1) is 6.33 Å². The molecule has 19 heavy (non-hydrogen) atoms. The minimum Gasteiger partial charge on any atom is -0.348 e. The van der Waals surface area contributed by atoms with Crippen molar-refractivity contribution in [2.75, 3.05) is 20.1 Å². The van der Waals surface area contributed by atoms with Crippen LogP contribution >= 0.6 is 0 Å². The number of imidazole rings is 1. The van der Waals surface area contributed by atoms with Gasteiger partial charge in [-0.05, 0) is 20.0 Å². The van der Waals surface area contributed by atoms with Gasteiger partial charge in [-0.2, -0.15) is 0 Å². The molecule has 0 amide bonds. The maximum atomic E-state index is 4.04. The zero-order chi connectivity index (χ0) is 13.8. The third-order valence-electron chi connectivity index (χ3n) is 3.71. The summed E-state index contributed by atoms with van der Waals surface area (Å²) in [5, 5.41) is 0. The zero-order valence-corrected chi connectivity index (χ0v) is 12.8. The lowest BCUT2D eigenvalue weighted by molar-refractivity contribution is 0.326. The van der Waals surface area contributed by atoms with Crippen LogP contribution in [0.25, 0.3) is 0 Å². The Hall–Kier alpha value is -0.830. The zero-order valence-electron chi connectivity index (χ0n) is 12.8. The van der Waals surface area contributed by atoms with Gasteiger partial charge in [-0.1, -0.05) is 51.9 Å². The molecule has 0 bridgehead atoms. The van der Waals surface area contributed by atoms with E-state index in [0.29, 0.717) is 0 Å². The minimum absolute atomic E-state index is 1.08. The summed E-state index contributed by atoms with van der Waals surface area (Å²) < 4.78 is 0. The molecule has 0 aromatic carbocycles. The number of aromatic nitrogens is 2. The molecule has 0 unspecified atom stereocenters. The van der Waals surface area contributed by atoms with Crippen molar-refractivity contribution in [2.24, 2.45) is 0 Å². The summed E-state index contributed by atoms with van der Waals surface area (Å²) in [4.78, 5) is 9.63. The molecule has 1 N–H and O–H groups in total. The van der Waals surface area contributed by atoms with Gasteiger partial charge < -0.3 is 9.88 Å². The molecule has 0 fully saturated rings. The SMILES string of the molecule is CCCCCCCCCCN(C)CCc1cnc[nH]1. The Morgan fingerprint density at radius 1 is 1.00 bits per heavy atom. The first-order valence-electron chi connectivity index (χ1n) is 7.98. The molecule has 1 aromatic rings. The van der Waals surface area contributed by atoms with E-state index in [1.807, 2.05) is 6.20 Å². The summed E-state index contributed by atoms with van der Waals surface area (Å²) >= 11 is 0. The highest BCUT2D eigenvalue weighted by Crippen LogP contribution is 2.08. The van der Waals surface area contributed by atoms with Gasteiger partial charge in [0, 0.05) is 24.9 Å². The maximum Gasteiger partial charge on any atom is 0.0921 e. The number of likely N-dealkylation sites (N-methyl/N-ethyl adjacent to an activating group) is 1. The van der Waals surface area contributed by atoms with Gasteiger partial charge in [0.25, 0.3) is 0 Å². The molecule has 0 aliphatic carbocycles. The number of hydrogen-bond acceptors (Lipinski definition) is 2. The molecule has 0 spiro atoms. The fourth-order valence-corrected chi connectivity index (χ4v) is 2.36. The fourth-order valence-electron chi connectivity index (χ4n) is 2.36. The largest absolute Gasteiger partial charge is 0.348 e. The second kappa shape index (κ2) is 11.0. The number of hydrogen-bond donors (Lipinski definition) is 1. The van der Waals surface area contributed by atoms with E-state index >= 15 is 0 Å². The average Bonchev–Trinajstić information content (AvgIpc) is 2.93. The van der Waals surface area contributed by atoms with Crippen molar-refractivity contribution in [2.45, 2.75) is 64.7 Å². The first kappa shape index (κ1) is 16.2. The Morgan fingerprint density at radius 2 is 1.68 bits per heavy atom. The first-order valence-corrected chi connectivity index (χ1v) is 7.98. The van der Waals surface area contributed by atoms with Crippen LogP contribution in [0, 0.1) is 0 Å². The molecule has 0 aliphatic heterocycles. The van der Waals surface area contributed by atoms with E-state index in [2.05, 4.69) is 28.8 Å². The highest BCUT2D eigenvalue weighted by Gasteiger charge is 2.00. The van der Waals surface area contributed by atoms with Crippen molar-refractivity contribution in [3.63, 3.8) is 0 Å². The molecule has 3 nitrogen and oxygen atoms in total. The van der Waals surface area contributed by atoms with Crippen LogP contribution < -0.4 is 0 Å². The number of aromatic amines is 1. The lowest BCUT2D eigenvalue weighted by Crippen LogP contribution is -2.22. The molecule has 1 aromatic heterocycles. The van der Waals surface area contributed by atoms with Gasteiger partial charge in [0.15, 0.2) is 0 Å². The maximum absolute atomic E-state index is 4.04. The molecular formula is C16H31N3. The normalized spacial score (nSPS) is 11.3. The fraction of sp³-hybridized carbons (Fsp3) is 0.812. The van der Waals surface area contributed by atoms with Crippen molar-refractivity contribution >= 4 is 0 Å². The summed E-state index contributed by atoms with van der Waals surface area (Å²) in [6.45, 7) is 4.63. The average molecular weight is 265 g/mol. The third-order valence-corrected chi connectivity index (χ3v) is 3.71. The third kappa shape index (κ3) is 8.82. The minimum atomic E-state index is 1.08. The van der Waals surface area contributed by atoms with E-state index in [9.17, 15) is 0 Å². The lowest BCUT2D eigenvalue weighted by atomic mass is 10.1. The van der Waals surface area contributed by atoms with Crippen molar-refractivity contribution in [1.29, 1.82) is 0 Å². The first-order chi connectivity index (χ1) is 9.33. The standard InChI is InChI=1S/C16H31N3/c1-3-4-5-6-7-8-9-10-12-19(2)13-11-16-14-17-15-18-16/h14-15H,3-13H2,1-2H3,(H,17,18). The highest BCUT2D eigenvalue weighted by molar-refractivity contribution is 4.94. The van der Waals surface area contributed by atoms with Crippen LogP contribution in [0.1, 0.15) is 64.0 Å². The van der Waals surface area contributed by atoms with Crippen LogP contribution in [0.2, 0.25) is 0 Å². The quantitative estimate of drug-likeness (QED) is 0.579. The Balaban J connectivity index is 1.86. The topological polar surface area (TPSA) is 31.9 Å². The van der Waals surface area contributed by atoms with Crippen LogP contribution in [-0.4, -0.2) is 35.0 Å². The van der Waals surface area contributed by atoms with Crippen LogP contribution in [0.5, 0.6) is 0 Å². The molecule has 3 heteroatoms. The van der Waals surface area contributed by atoms with Gasteiger partial charge in [-0.3, -0.25) is 0 Å². The molecule has 110 valence electrons. The summed E-state index contributed by atoms with van der Waals surface area (Å²) in [6.07, 6.45) is 16.0. The van der Waals surface area contributed by atoms with E-state index in [-0.39, 0.29) is 0 Å². The number of H-pyrrole nitrogens is 1. The van der Waals surface area contributed by atoms with Crippen molar-refractivity contribution in [3.05, 3.63) is 18.2 Å². The smallest absolute Gasteiger partial charge is 0.0921 e. The number of unbranched alkanes of at least 4 members (excludes halogenated alkanes) is 7. The molecule has 0 saturated carbocycles. The molecule has 0 saturated heterocycles. The summed E-state index contributed by atoms with van der Waals surface area (Å²) in [5.74, 6) is 0. The van der Waals surface area contributed by atoms with Crippen molar-refractivity contribution in [3.8, 4) is 0 Å². The van der Waals surface area contributed by atoms with Crippen LogP contribution in [0.3, 0.4) is 0 Å². The summed E-state index contributed by atoms with van der Waals surface area (Å²) in [6, 6.07) is 0. The highest BCUT2D eigenvalue weighted by atomic mass is 15.1. The second-order valence-corrected chi connectivity index (χ2v) is 5.60. The van der Waals surface area contributed by atoms with Crippen molar-refractivity contribution in [1.82, 2.24) is 14.9 Å². The molecule has 0 radical (unpaired) electrons. The number of rotatable bonds is 12. The Morgan fingerprint density at radius 3 is 2.32 bits per heavy atom. The van der Waals surface area contributed by atoms with Gasteiger partial charge in [-0.15, -0.1) is 0 Å². The predicted octanol–water partition coefficient (Wildman–Crippen LogP) is 4.02. The van der Waals surface area contributed by atoms with E-state index in [1.165, 1.54) is 63.6 Å². The predicted molar refractivity (Wildman–Crippen MR) is 82.4 cm³/mol. The Kier molecular flexibility index (Phi) is 9.42. The molecule has 1 heterocycles. The van der Waals surface area contributed by atoms with E-state index in [0.717, 1.165) is 13.0 Å². The molecular weight excluding hydrogens is 234 g/mol.